The Hall–Kier alpha value is -2.97. The predicted octanol–water partition coefficient (Wildman–Crippen LogP) is 3.76. The minimum absolute atomic E-state index is 0.0144. The van der Waals surface area contributed by atoms with E-state index in [1.165, 1.54) is 32.3 Å². The monoisotopic (exact) mass is 307 g/mol. The van der Waals surface area contributed by atoms with Crippen molar-refractivity contribution in [1.29, 1.82) is 0 Å². The van der Waals surface area contributed by atoms with Crippen LogP contribution in [0.5, 0.6) is 0 Å². The van der Waals surface area contributed by atoms with Crippen molar-refractivity contribution < 1.29 is 4.79 Å². The lowest BCUT2D eigenvalue weighted by Gasteiger charge is -2.20. The van der Waals surface area contributed by atoms with Gasteiger partial charge < -0.3 is 5.73 Å². The predicted molar refractivity (Wildman–Crippen MR) is 99.6 cm³/mol. The molecule has 0 bridgehead atoms. The van der Waals surface area contributed by atoms with Crippen molar-refractivity contribution in [3.8, 4) is 0 Å². The van der Waals surface area contributed by atoms with Crippen molar-refractivity contribution in [3.63, 3.8) is 0 Å². The standard InChI is InChI=1S/C22H13NO/c23-17-10-15-7-6-13-8-12-3-1-2-11-4-5-14-9-16(22(17)24)19(15)21(13)20(14)18(11)12/h1-10,17H,23H2. The van der Waals surface area contributed by atoms with Crippen LogP contribution in [0.3, 0.4) is 0 Å². The molecule has 1 aliphatic rings. The Morgan fingerprint density at radius 2 is 1.38 bits per heavy atom. The molecule has 0 amide bonds. The van der Waals surface area contributed by atoms with Crippen molar-refractivity contribution in [2.75, 3.05) is 0 Å². The van der Waals surface area contributed by atoms with E-state index in [1.54, 1.807) is 0 Å². The molecule has 0 heterocycles. The van der Waals surface area contributed by atoms with Gasteiger partial charge in [-0.15, -0.1) is 0 Å². The summed E-state index contributed by atoms with van der Waals surface area (Å²) in [7, 11) is 0. The maximum absolute atomic E-state index is 12.7. The second-order valence-electron chi connectivity index (χ2n) is 6.73. The van der Waals surface area contributed by atoms with E-state index in [1.807, 2.05) is 12.1 Å². The summed E-state index contributed by atoms with van der Waals surface area (Å²) in [6, 6.07) is 18.6. The number of hydrogen-bond donors (Lipinski definition) is 1. The summed E-state index contributed by atoms with van der Waals surface area (Å²) in [6.45, 7) is 0. The first-order chi connectivity index (χ1) is 11.7. The fourth-order valence-corrected chi connectivity index (χ4v) is 4.43. The van der Waals surface area contributed by atoms with Crippen LogP contribution in [0.1, 0.15) is 10.4 Å². The van der Waals surface area contributed by atoms with E-state index >= 15 is 0 Å². The fourth-order valence-electron chi connectivity index (χ4n) is 4.43. The zero-order chi connectivity index (χ0) is 16.0. The number of Topliss-reactive ketones (excluding diaryl/α,β-unsaturated/α-hetero) is 1. The van der Waals surface area contributed by atoms with Crippen molar-refractivity contribution in [2.45, 2.75) is 6.04 Å². The van der Waals surface area contributed by atoms with Crippen LogP contribution in [-0.4, -0.2) is 11.8 Å². The van der Waals surface area contributed by atoms with E-state index in [2.05, 4.69) is 48.5 Å². The molecule has 2 heteroatoms. The maximum Gasteiger partial charge on any atom is 0.184 e. The van der Waals surface area contributed by atoms with Gasteiger partial charge >= 0.3 is 0 Å². The highest BCUT2D eigenvalue weighted by molar-refractivity contribution is 6.34. The molecule has 24 heavy (non-hydrogen) atoms. The second kappa shape index (κ2) is 3.92. The Labute approximate surface area is 137 Å². The molecule has 0 fully saturated rings. The molecule has 6 rings (SSSR count). The average molecular weight is 307 g/mol. The Morgan fingerprint density at radius 3 is 2.29 bits per heavy atom. The van der Waals surface area contributed by atoms with Gasteiger partial charge in [-0.2, -0.15) is 0 Å². The Bertz CT molecular complexity index is 1380. The molecule has 1 atom stereocenters. The first kappa shape index (κ1) is 12.5. The number of benzene rings is 5. The van der Waals surface area contributed by atoms with Gasteiger partial charge in [-0.25, -0.2) is 0 Å². The zero-order valence-electron chi connectivity index (χ0n) is 12.8. The van der Waals surface area contributed by atoms with E-state index in [4.69, 9.17) is 5.73 Å². The summed E-state index contributed by atoms with van der Waals surface area (Å²) in [5.41, 5.74) is 6.80. The summed E-state index contributed by atoms with van der Waals surface area (Å²) < 4.78 is 0. The van der Waals surface area contributed by atoms with Crippen LogP contribution in [0.4, 0.5) is 0 Å². The lowest BCUT2D eigenvalue weighted by molar-refractivity contribution is 0.0983. The van der Waals surface area contributed by atoms with E-state index < -0.39 is 6.04 Å². The average Bonchev–Trinajstić information content (AvgIpc) is 2.61. The number of carbonyl (C=O) groups is 1. The summed E-state index contributed by atoms with van der Waals surface area (Å²) >= 11 is 0. The highest BCUT2D eigenvalue weighted by Gasteiger charge is 2.24. The number of carbonyl (C=O) groups excluding carboxylic acids is 1. The molecule has 2 nitrogen and oxygen atoms in total. The van der Waals surface area contributed by atoms with Crippen molar-refractivity contribution >= 4 is 54.9 Å². The van der Waals surface area contributed by atoms with Crippen LogP contribution in [0.2, 0.25) is 0 Å². The molecule has 0 aliphatic heterocycles. The maximum atomic E-state index is 12.7. The van der Waals surface area contributed by atoms with Crippen molar-refractivity contribution in [1.82, 2.24) is 0 Å². The summed E-state index contributed by atoms with van der Waals surface area (Å²) in [6.07, 6.45) is 1.89. The highest BCUT2D eigenvalue weighted by Crippen LogP contribution is 2.40. The first-order valence-electron chi connectivity index (χ1n) is 8.17. The van der Waals surface area contributed by atoms with Gasteiger partial charge in [0.05, 0.1) is 6.04 Å². The van der Waals surface area contributed by atoms with Crippen molar-refractivity contribution in [3.05, 3.63) is 65.4 Å². The minimum atomic E-state index is -0.549. The van der Waals surface area contributed by atoms with E-state index in [-0.39, 0.29) is 5.78 Å². The number of nitrogens with two attached hydrogens (primary N) is 1. The molecule has 2 N–H and O–H groups in total. The fraction of sp³-hybridized carbons (Fsp3) is 0.0455. The molecule has 0 spiro atoms. The smallest absolute Gasteiger partial charge is 0.184 e. The largest absolute Gasteiger partial charge is 0.318 e. The quantitative estimate of drug-likeness (QED) is 0.350. The minimum Gasteiger partial charge on any atom is -0.318 e. The van der Waals surface area contributed by atoms with Crippen LogP contribution in [0.25, 0.3) is 49.2 Å². The van der Waals surface area contributed by atoms with Crippen LogP contribution in [-0.2, 0) is 0 Å². The number of ketones is 1. The van der Waals surface area contributed by atoms with Gasteiger partial charge in [0, 0.05) is 10.9 Å². The second-order valence-corrected chi connectivity index (χ2v) is 6.73. The third-order valence-electron chi connectivity index (χ3n) is 5.44. The van der Waals surface area contributed by atoms with Gasteiger partial charge in [-0.1, -0.05) is 48.5 Å². The van der Waals surface area contributed by atoms with Gasteiger partial charge in [0.15, 0.2) is 5.78 Å². The summed E-state index contributed by atoms with van der Waals surface area (Å²) in [5.74, 6) is 0.0144. The Balaban J connectivity index is 2.07. The van der Waals surface area contributed by atoms with Crippen LogP contribution in [0.15, 0.2) is 54.6 Å². The molecule has 112 valence electrons. The van der Waals surface area contributed by atoms with E-state index in [0.717, 1.165) is 21.6 Å². The topological polar surface area (TPSA) is 43.1 Å². The SMILES string of the molecule is NC1C=c2ccc3cc4cccc5ccc6cc(c2c3c6c54)C1=O. The van der Waals surface area contributed by atoms with Crippen LogP contribution in [0, 0.1) is 0 Å². The number of rotatable bonds is 0. The highest BCUT2D eigenvalue weighted by atomic mass is 16.1. The number of hydrogen-bond acceptors (Lipinski definition) is 2. The third kappa shape index (κ3) is 1.30. The van der Waals surface area contributed by atoms with Crippen LogP contribution < -0.4 is 11.0 Å². The van der Waals surface area contributed by atoms with Gasteiger partial charge in [-0.05, 0) is 55.1 Å². The van der Waals surface area contributed by atoms with Gasteiger partial charge in [0.25, 0.3) is 0 Å². The van der Waals surface area contributed by atoms with Crippen LogP contribution >= 0.6 is 0 Å². The normalized spacial score (nSPS) is 17.4. The molecule has 0 saturated carbocycles. The Morgan fingerprint density at radius 1 is 0.708 bits per heavy atom. The summed E-state index contributed by atoms with van der Waals surface area (Å²) in [4.78, 5) is 12.7. The van der Waals surface area contributed by atoms with Gasteiger partial charge in [0.1, 0.15) is 0 Å². The lowest BCUT2D eigenvalue weighted by atomic mass is 9.83. The summed E-state index contributed by atoms with van der Waals surface area (Å²) in [5, 5.41) is 10.7. The first-order valence-corrected chi connectivity index (χ1v) is 8.17. The van der Waals surface area contributed by atoms with E-state index in [9.17, 15) is 4.79 Å². The molecule has 0 radical (unpaired) electrons. The zero-order valence-corrected chi connectivity index (χ0v) is 12.8. The van der Waals surface area contributed by atoms with Gasteiger partial charge in [0.2, 0.25) is 0 Å². The molecule has 0 saturated heterocycles. The molecular weight excluding hydrogens is 294 g/mol. The molecule has 1 aliphatic carbocycles. The lowest BCUT2D eigenvalue weighted by Crippen LogP contribution is -2.34. The van der Waals surface area contributed by atoms with Gasteiger partial charge in [-0.3, -0.25) is 4.79 Å². The molecule has 5 aromatic rings. The molecule has 1 unspecified atom stereocenters. The molecular formula is C22H13NO. The molecule has 0 aromatic heterocycles. The van der Waals surface area contributed by atoms with E-state index in [0.29, 0.717) is 0 Å². The third-order valence-corrected chi connectivity index (χ3v) is 5.44. The Kier molecular flexibility index (Phi) is 2.03. The molecule has 5 aromatic carbocycles. The van der Waals surface area contributed by atoms with Crippen molar-refractivity contribution in [2.24, 2.45) is 5.73 Å².